The van der Waals surface area contributed by atoms with Crippen molar-refractivity contribution in [2.24, 2.45) is 17.8 Å². The lowest BCUT2D eigenvalue weighted by atomic mass is 9.84. The highest BCUT2D eigenvalue weighted by atomic mass is 16.2. The molecular formula is C19H23N3O3. The summed E-state index contributed by atoms with van der Waals surface area (Å²) in [5.74, 6) is 1.86. The van der Waals surface area contributed by atoms with Gasteiger partial charge in [0.2, 0.25) is 5.91 Å². The van der Waals surface area contributed by atoms with Gasteiger partial charge in [-0.3, -0.25) is 19.5 Å². The zero-order chi connectivity index (χ0) is 17.6. The van der Waals surface area contributed by atoms with Crippen LogP contribution in [-0.2, 0) is 11.3 Å². The molecule has 4 atom stereocenters. The number of carbonyl (C=O) groups is 1. The number of amides is 1. The second-order valence-electron chi connectivity index (χ2n) is 7.57. The Labute approximate surface area is 145 Å². The maximum atomic E-state index is 12.5. The Balaban J connectivity index is 1.49. The number of benzene rings is 1. The number of fused-ring (bicyclic) bond motifs is 3. The van der Waals surface area contributed by atoms with Gasteiger partial charge < -0.3 is 5.32 Å². The van der Waals surface area contributed by atoms with Crippen molar-refractivity contribution < 1.29 is 4.79 Å². The van der Waals surface area contributed by atoms with Crippen LogP contribution in [-0.4, -0.2) is 21.7 Å². The number of hydrogen-bond acceptors (Lipinski definition) is 3. The number of rotatable bonds is 4. The fourth-order valence-corrected chi connectivity index (χ4v) is 4.81. The normalized spacial score (nSPS) is 26.0. The lowest BCUT2D eigenvalue weighted by Gasteiger charge is -2.28. The zero-order valence-electron chi connectivity index (χ0n) is 14.3. The lowest BCUT2D eigenvalue weighted by molar-refractivity contribution is -0.123. The van der Waals surface area contributed by atoms with E-state index in [-0.39, 0.29) is 29.6 Å². The van der Waals surface area contributed by atoms with Crippen LogP contribution in [0, 0.1) is 17.8 Å². The molecule has 2 fully saturated rings. The van der Waals surface area contributed by atoms with E-state index in [1.807, 2.05) is 0 Å². The maximum Gasteiger partial charge on any atom is 0.273 e. The monoisotopic (exact) mass is 341 g/mol. The molecule has 1 aromatic heterocycles. The predicted molar refractivity (Wildman–Crippen MR) is 95.4 cm³/mol. The summed E-state index contributed by atoms with van der Waals surface area (Å²) in [6.45, 7) is 1.89. The van der Waals surface area contributed by atoms with Crippen LogP contribution in [0.25, 0.3) is 10.8 Å². The smallest absolute Gasteiger partial charge is 0.273 e. The minimum absolute atomic E-state index is 0.102. The zero-order valence-corrected chi connectivity index (χ0v) is 14.3. The summed E-state index contributed by atoms with van der Waals surface area (Å²) in [6.07, 6.45) is 5.09. The Morgan fingerprint density at radius 3 is 2.68 bits per heavy atom. The first-order valence-corrected chi connectivity index (χ1v) is 9.04. The van der Waals surface area contributed by atoms with Gasteiger partial charge in [0.1, 0.15) is 6.54 Å². The fourth-order valence-electron chi connectivity index (χ4n) is 4.81. The standard InChI is InChI=1S/C19H23N3O3/c1-11(16-9-12-6-7-13(16)8-12)20-17(23)10-22-19(25)15-5-3-2-4-14(15)18(24)21-22/h2-5,11-13,16H,6-10H2,1H3,(H,20,23)(H,21,24)/t11-,12+,13+,16+/m1/s1. The summed E-state index contributed by atoms with van der Waals surface area (Å²) < 4.78 is 1.10. The Morgan fingerprint density at radius 1 is 1.24 bits per heavy atom. The average molecular weight is 341 g/mol. The van der Waals surface area contributed by atoms with E-state index >= 15 is 0 Å². The van der Waals surface area contributed by atoms with Crippen molar-refractivity contribution in [2.75, 3.05) is 0 Å². The Kier molecular flexibility index (Phi) is 3.98. The van der Waals surface area contributed by atoms with Crippen molar-refractivity contribution in [1.29, 1.82) is 0 Å². The van der Waals surface area contributed by atoms with Crippen LogP contribution < -0.4 is 16.4 Å². The molecule has 0 radical (unpaired) electrons. The van der Waals surface area contributed by atoms with Gasteiger partial charge in [0, 0.05) is 6.04 Å². The highest BCUT2D eigenvalue weighted by Gasteiger charge is 2.42. The Bertz CT molecular complexity index is 929. The van der Waals surface area contributed by atoms with Crippen LogP contribution in [0.4, 0.5) is 0 Å². The van der Waals surface area contributed by atoms with Gasteiger partial charge in [-0.25, -0.2) is 4.68 Å². The minimum atomic E-state index is -0.357. The summed E-state index contributed by atoms with van der Waals surface area (Å²) >= 11 is 0. The van der Waals surface area contributed by atoms with Crippen LogP contribution >= 0.6 is 0 Å². The summed E-state index contributed by atoms with van der Waals surface area (Å²) in [4.78, 5) is 37.0. The highest BCUT2D eigenvalue weighted by Crippen LogP contribution is 2.49. The summed E-state index contributed by atoms with van der Waals surface area (Å²) in [5, 5.41) is 6.22. The van der Waals surface area contributed by atoms with Gasteiger partial charge in [-0.2, -0.15) is 0 Å². The molecule has 1 aromatic carbocycles. The predicted octanol–water partition coefficient (Wildman–Crippen LogP) is 1.63. The molecule has 0 aliphatic heterocycles. The summed E-state index contributed by atoms with van der Waals surface area (Å²) in [7, 11) is 0. The van der Waals surface area contributed by atoms with E-state index in [1.165, 1.54) is 25.7 Å². The summed E-state index contributed by atoms with van der Waals surface area (Å²) in [6, 6.07) is 6.75. The van der Waals surface area contributed by atoms with Gasteiger partial charge in [0.25, 0.3) is 11.1 Å². The van der Waals surface area contributed by atoms with E-state index in [9.17, 15) is 14.4 Å². The molecule has 2 aliphatic rings. The molecule has 2 bridgehead atoms. The molecule has 0 unspecified atom stereocenters. The number of carbonyl (C=O) groups excluding carboxylic acids is 1. The molecule has 2 aromatic rings. The fraction of sp³-hybridized carbons (Fsp3) is 0.526. The molecule has 2 aliphatic carbocycles. The minimum Gasteiger partial charge on any atom is -0.352 e. The molecule has 6 nitrogen and oxygen atoms in total. The van der Waals surface area contributed by atoms with Gasteiger partial charge in [0.05, 0.1) is 10.8 Å². The molecule has 2 saturated carbocycles. The van der Waals surface area contributed by atoms with Crippen LogP contribution in [0.2, 0.25) is 0 Å². The highest BCUT2D eigenvalue weighted by molar-refractivity contribution is 5.81. The molecule has 4 rings (SSSR count). The summed E-state index contributed by atoms with van der Waals surface area (Å²) in [5.41, 5.74) is -0.706. The third kappa shape index (κ3) is 2.90. The van der Waals surface area contributed by atoms with Crippen molar-refractivity contribution >= 4 is 16.7 Å². The number of nitrogens with zero attached hydrogens (tertiary/aromatic N) is 1. The first-order valence-electron chi connectivity index (χ1n) is 9.04. The molecule has 132 valence electrons. The van der Waals surface area contributed by atoms with Gasteiger partial charge >= 0.3 is 0 Å². The number of hydrogen-bond donors (Lipinski definition) is 2. The average Bonchev–Trinajstić information content (AvgIpc) is 3.22. The topological polar surface area (TPSA) is 84.0 Å². The number of aromatic amines is 1. The van der Waals surface area contributed by atoms with E-state index in [0.29, 0.717) is 16.7 Å². The third-order valence-corrected chi connectivity index (χ3v) is 6.01. The molecule has 2 N–H and O–H groups in total. The van der Waals surface area contributed by atoms with Crippen LogP contribution in [0.5, 0.6) is 0 Å². The molecular weight excluding hydrogens is 318 g/mol. The lowest BCUT2D eigenvalue weighted by Crippen LogP contribution is -2.43. The first kappa shape index (κ1) is 16.1. The quantitative estimate of drug-likeness (QED) is 0.886. The number of nitrogens with one attached hydrogen (secondary N) is 2. The van der Waals surface area contributed by atoms with Gasteiger partial charge in [-0.15, -0.1) is 0 Å². The van der Waals surface area contributed by atoms with Gasteiger partial charge in [-0.05, 0) is 56.1 Å². The van der Waals surface area contributed by atoms with Gasteiger partial charge in [0.15, 0.2) is 0 Å². The van der Waals surface area contributed by atoms with E-state index in [2.05, 4.69) is 17.3 Å². The van der Waals surface area contributed by atoms with Crippen molar-refractivity contribution in [2.45, 2.75) is 45.2 Å². The molecule has 0 spiro atoms. The van der Waals surface area contributed by atoms with E-state index in [4.69, 9.17) is 0 Å². The second-order valence-corrected chi connectivity index (χ2v) is 7.57. The second kappa shape index (κ2) is 6.17. The van der Waals surface area contributed by atoms with Crippen molar-refractivity contribution in [3.05, 3.63) is 45.0 Å². The Hall–Kier alpha value is -2.37. The van der Waals surface area contributed by atoms with E-state index in [0.717, 1.165) is 16.5 Å². The Morgan fingerprint density at radius 2 is 2.00 bits per heavy atom. The molecule has 0 saturated heterocycles. The number of aromatic nitrogens is 2. The molecule has 1 amide bonds. The van der Waals surface area contributed by atoms with Crippen LogP contribution in [0.1, 0.15) is 32.6 Å². The van der Waals surface area contributed by atoms with Crippen molar-refractivity contribution in [3.8, 4) is 0 Å². The molecule has 25 heavy (non-hydrogen) atoms. The third-order valence-electron chi connectivity index (χ3n) is 6.01. The van der Waals surface area contributed by atoms with Crippen LogP contribution in [0.3, 0.4) is 0 Å². The number of H-pyrrole nitrogens is 1. The largest absolute Gasteiger partial charge is 0.352 e. The molecule has 6 heteroatoms. The van der Waals surface area contributed by atoms with Crippen molar-refractivity contribution in [1.82, 2.24) is 15.1 Å². The van der Waals surface area contributed by atoms with Crippen molar-refractivity contribution in [3.63, 3.8) is 0 Å². The van der Waals surface area contributed by atoms with E-state index < -0.39 is 0 Å². The first-order chi connectivity index (χ1) is 12.0. The molecule has 1 heterocycles. The maximum absolute atomic E-state index is 12.5. The van der Waals surface area contributed by atoms with Gasteiger partial charge in [-0.1, -0.05) is 18.6 Å². The SMILES string of the molecule is C[C@@H](NC(=O)Cn1[nH]c(=O)c2ccccc2c1=O)[C@@H]1C[C@H]2CC[C@H]1C2. The van der Waals surface area contributed by atoms with E-state index in [1.54, 1.807) is 24.3 Å². The van der Waals surface area contributed by atoms with Crippen LogP contribution in [0.15, 0.2) is 33.9 Å².